The minimum Gasteiger partial charge on any atom is -0.369 e. The predicted molar refractivity (Wildman–Crippen MR) is 121 cm³/mol. The van der Waals surface area contributed by atoms with Crippen LogP contribution in [0.5, 0.6) is 0 Å². The standard InChI is InChI=1S/C25H27FN4O/c1-29-11-13-30(14-12-29)24-9-6-20(7-10-24)21-5-8-23(27-18-21)16-25(31)28-17-19-3-2-4-22(26)15-19/h2-10,15,18H,11-14,16-17H2,1H3,(H,28,31). The molecule has 0 unspecified atom stereocenters. The van der Waals surface area contributed by atoms with Crippen LogP contribution >= 0.6 is 0 Å². The zero-order chi connectivity index (χ0) is 21.6. The van der Waals surface area contributed by atoms with Crippen molar-refractivity contribution >= 4 is 11.6 Å². The van der Waals surface area contributed by atoms with Gasteiger partial charge in [0, 0.05) is 55.9 Å². The van der Waals surface area contributed by atoms with Crippen molar-refractivity contribution in [3.8, 4) is 11.1 Å². The molecule has 5 nitrogen and oxygen atoms in total. The van der Waals surface area contributed by atoms with E-state index in [1.807, 2.05) is 12.1 Å². The van der Waals surface area contributed by atoms with E-state index >= 15 is 0 Å². The second-order valence-electron chi connectivity index (χ2n) is 7.96. The molecule has 1 aliphatic rings. The number of anilines is 1. The number of nitrogens with one attached hydrogen (secondary N) is 1. The first-order valence-corrected chi connectivity index (χ1v) is 10.6. The van der Waals surface area contributed by atoms with Gasteiger partial charge in [0.1, 0.15) is 5.82 Å². The number of aromatic nitrogens is 1. The summed E-state index contributed by atoms with van der Waals surface area (Å²) in [6, 6.07) is 18.7. The Kier molecular flexibility index (Phi) is 6.57. The number of benzene rings is 2. The van der Waals surface area contributed by atoms with Crippen molar-refractivity contribution in [2.45, 2.75) is 13.0 Å². The van der Waals surface area contributed by atoms with Crippen LogP contribution in [-0.2, 0) is 17.8 Å². The van der Waals surface area contributed by atoms with Gasteiger partial charge in [-0.05, 0) is 48.5 Å². The van der Waals surface area contributed by atoms with Crippen LogP contribution in [0.2, 0.25) is 0 Å². The van der Waals surface area contributed by atoms with Crippen LogP contribution in [0.1, 0.15) is 11.3 Å². The highest BCUT2D eigenvalue weighted by Crippen LogP contribution is 2.23. The van der Waals surface area contributed by atoms with E-state index in [0.29, 0.717) is 12.2 Å². The molecule has 1 saturated heterocycles. The predicted octanol–water partition coefficient (Wildman–Crippen LogP) is 3.50. The summed E-state index contributed by atoms with van der Waals surface area (Å²) in [4.78, 5) is 21.4. The van der Waals surface area contributed by atoms with Crippen LogP contribution in [0.25, 0.3) is 11.1 Å². The van der Waals surface area contributed by atoms with Crippen LogP contribution in [0.15, 0.2) is 66.9 Å². The molecule has 0 aliphatic carbocycles. The molecule has 0 saturated carbocycles. The van der Waals surface area contributed by atoms with Gasteiger partial charge in [-0.2, -0.15) is 0 Å². The zero-order valence-corrected chi connectivity index (χ0v) is 17.7. The second kappa shape index (κ2) is 9.71. The van der Waals surface area contributed by atoms with Gasteiger partial charge in [0.15, 0.2) is 0 Å². The summed E-state index contributed by atoms with van der Waals surface area (Å²) >= 11 is 0. The van der Waals surface area contributed by atoms with Crippen LogP contribution in [0.4, 0.5) is 10.1 Å². The third-order valence-corrected chi connectivity index (χ3v) is 5.61. The maximum atomic E-state index is 13.2. The van der Waals surface area contributed by atoms with E-state index in [-0.39, 0.29) is 18.1 Å². The van der Waals surface area contributed by atoms with Gasteiger partial charge in [0.25, 0.3) is 0 Å². The highest BCUT2D eigenvalue weighted by atomic mass is 19.1. The Hall–Kier alpha value is -3.25. The maximum Gasteiger partial charge on any atom is 0.226 e. The SMILES string of the molecule is CN1CCN(c2ccc(-c3ccc(CC(=O)NCc4cccc(F)c4)nc3)cc2)CC1. The molecule has 3 aromatic rings. The van der Waals surface area contributed by atoms with Crippen molar-refractivity contribution in [3.05, 3.63) is 83.9 Å². The molecule has 1 N–H and O–H groups in total. The van der Waals surface area contributed by atoms with Gasteiger partial charge < -0.3 is 15.1 Å². The van der Waals surface area contributed by atoms with E-state index in [1.54, 1.807) is 18.3 Å². The number of nitrogens with zero attached hydrogens (tertiary/aromatic N) is 3. The van der Waals surface area contributed by atoms with Crippen LogP contribution < -0.4 is 10.2 Å². The Bertz CT molecular complexity index is 1010. The van der Waals surface area contributed by atoms with Gasteiger partial charge in [-0.25, -0.2) is 4.39 Å². The summed E-state index contributed by atoms with van der Waals surface area (Å²) in [5, 5.41) is 2.81. The van der Waals surface area contributed by atoms with Crippen molar-refractivity contribution in [2.24, 2.45) is 0 Å². The summed E-state index contributed by atoms with van der Waals surface area (Å²) in [7, 11) is 2.16. The molecular formula is C25H27FN4O. The minimum absolute atomic E-state index is 0.138. The van der Waals surface area contributed by atoms with Crippen LogP contribution in [0.3, 0.4) is 0 Å². The summed E-state index contributed by atoms with van der Waals surface area (Å²) in [5.41, 5.74) is 4.81. The van der Waals surface area contributed by atoms with E-state index in [4.69, 9.17) is 0 Å². The number of carbonyl (C=O) groups is 1. The van der Waals surface area contributed by atoms with Gasteiger partial charge in [-0.3, -0.25) is 9.78 Å². The van der Waals surface area contributed by atoms with Crippen molar-refractivity contribution in [1.29, 1.82) is 0 Å². The number of pyridine rings is 1. The number of halogens is 1. The first-order chi connectivity index (χ1) is 15.1. The monoisotopic (exact) mass is 418 g/mol. The number of rotatable bonds is 6. The van der Waals surface area contributed by atoms with Crippen molar-refractivity contribution in [1.82, 2.24) is 15.2 Å². The fourth-order valence-corrected chi connectivity index (χ4v) is 3.70. The molecule has 1 aromatic heterocycles. The van der Waals surface area contributed by atoms with Gasteiger partial charge >= 0.3 is 0 Å². The Morgan fingerprint density at radius 3 is 2.42 bits per heavy atom. The molecule has 0 atom stereocenters. The van der Waals surface area contributed by atoms with Crippen molar-refractivity contribution in [3.63, 3.8) is 0 Å². The molecule has 160 valence electrons. The van der Waals surface area contributed by atoms with Crippen LogP contribution in [-0.4, -0.2) is 49.0 Å². The van der Waals surface area contributed by atoms with E-state index < -0.39 is 0 Å². The summed E-state index contributed by atoms with van der Waals surface area (Å²) in [5.74, 6) is -0.443. The fourth-order valence-electron chi connectivity index (χ4n) is 3.70. The zero-order valence-electron chi connectivity index (χ0n) is 17.7. The van der Waals surface area contributed by atoms with Gasteiger partial charge in [0.05, 0.1) is 6.42 Å². The molecule has 0 spiro atoms. The highest BCUT2D eigenvalue weighted by Gasteiger charge is 2.14. The van der Waals surface area contributed by atoms with E-state index in [2.05, 4.69) is 51.4 Å². The molecule has 0 radical (unpaired) electrons. The van der Waals surface area contributed by atoms with E-state index in [1.165, 1.54) is 17.8 Å². The number of hydrogen-bond acceptors (Lipinski definition) is 4. The maximum absolute atomic E-state index is 13.2. The minimum atomic E-state index is -0.305. The lowest BCUT2D eigenvalue weighted by atomic mass is 10.1. The average Bonchev–Trinajstić information content (AvgIpc) is 2.79. The molecule has 2 heterocycles. The number of carbonyl (C=O) groups excluding carboxylic acids is 1. The molecule has 1 amide bonds. The number of piperazine rings is 1. The summed E-state index contributed by atoms with van der Waals surface area (Å²) < 4.78 is 13.2. The lowest BCUT2D eigenvalue weighted by molar-refractivity contribution is -0.120. The van der Waals surface area contributed by atoms with Gasteiger partial charge in [-0.15, -0.1) is 0 Å². The van der Waals surface area contributed by atoms with Crippen LogP contribution in [0, 0.1) is 5.82 Å². The summed E-state index contributed by atoms with van der Waals surface area (Å²) in [6.07, 6.45) is 2.00. The Morgan fingerprint density at radius 2 is 1.74 bits per heavy atom. The lowest BCUT2D eigenvalue weighted by Gasteiger charge is -2.34. The summed E-state index contributed by atoms with van der Waals surface area (Å²) in [6.45, 7) is 4.57. The smallest absolute Gasteiger partial charge is 0.226 e. The molecular weight excluding hydrogens is 391 g/mol. The largest absolute Gasteiger partial charge is 0.369 e. The Labute approximate surface area is 182 Å². The first-order valence-electron chi connectivity index (χ1n) is 10.6. The van der Waals surface area contributed by atoms with E-state index in [9.17, 15) is 9.18 Å². The van der Waals surface area contributed by atoms with E-state index in [0.717, 1.165) is 42.9 Å². The topological polar surface area (TPSA) is 48.5 Å². The normalized spacial score (nSPS) is 14.5. The lowest BCUT2D eigenvalue weighted by Crippen LogP contribution is -2.44. The quantitative estimate of drug-likeness (QED) is 0.666. The molecule has 4 rings (SSSR count). The third kappa shape index (κ3) is 5.67. The third-order valence-electron chi connectivity index (χ3n) is 5.61. The number of likely N-dealkylation sites (N-methyl/N-ethyl adjacent to an activating group) is 1. The van der Waals surface area contributed by atoms with Gasteiger partial charge in [0.2, 0.25) is 5.91 Å². The highest BCUT2D eigenvalue weighted by molar-refractivity contribution is 5.78. The fraction of sp³-hybridized carbons (Fsp3) is 0.280. The van der Waals surface area contributed by atoms with Gasteiger partial charge in [-0.1, -0.05) is 30.3 Å². The molecule has 1 fully saturated rings. The molecule has 0 bridgehead atoms. The number of amides is 1. The second-order valence-corrected chi connectivity index (χ2v) is 7.96. The Balaban J connectivity index is 1.32. The molecule has 31 heavy (non-hydrogen) atoms. The Morgan fingerprint density at radius 1 is 1.00 bits per heavy atom. The van der Waals surface area contributed by atoms with Crippen molar-refractivity contribution in [2.75, 3.05) is 38.1 Å². The molecule has 2 aromatic carbocycles. The number of hydrogen-bond donors (Lipinski definition) is 1. The molecule has 6 heteroatoms. The molecule has 1 aliphatic heterocycles. The van der Waals surface area contributed by atoms with Crippen molar-refractivity contribution < 1.29 is 9.18 Å². The first kappa shape index (κ1) is 21.0. The average molecular weight is 419 g/mol.